The van der Waals surface area contributed by atoms with E-state index in [4.69, 9.17) is 0 Å². The first-order chi connectivity index (χ1) is 7.29. The Bertz CT molecular complexity index is 590. The average Bonchev–Trinajstić information content (AvgIpc) is 3.00. The highest BCUT2D eigenvalue weighted by molar-refractivity contribution is 5.85. The summed E-state index contributed by atoms with van der Waals surface area (Å²) in [5.74, 6) is 0. The number of imidazole rings is 1. The van der Waals surface area contributed by atoms with Crippen molar-refractivity contribution in [1.82, 2.24) is 9.55 Å². The van der Waals surface area contributed by atoms with Crippen LogP contribution in [0.5, 0.6) is 0 Å². The Labute approximate surface area is 85.5 Å². The first-order valence-electron chi connectivity index (χ1n) is 4.99. The molecule has 1 heterocycles. The molecule has 15 heavy (non-hydrogen) atoms. The molecule has 3 rings (SSSR count). The summed E-state index contributed by atoms with van der Waals surface area (Å²) in [4.78, 5) is 25.1. The molecule has 1 aromatic heterocycles. The molecule has 0 unspecified atom stereocenters. The summed E-state index contributed by atoms with van der Waals surface area (Å²) >= 11 is 0. The van der Waals surface area contributed by atoms with E-state index in [9.17, 15) is 9.59 Å². The van der Waals surface area contributed by atoms with Gasteiger partial charge in [-0.25, -0.2) is 4.79 Å². The molecule has 0 radical (unpaired) electrons. The summed E-state index contributed by atoms with van der Waals surface area (Å²) in [7, 11) is 0. The van der Waals surface area contributed by atoms with Gasteiger partial charge in [-0.2, -0.15) is 0 Å². The predicted molar refractivity (Wildman–Crippen MR) is 56.2 cm³/mol. The topological polar surface area (TPSA) is 54.9 Å². The van der Waals surface area contributed by atoms with Gasteiger partial charge < -0.3 is 4.98 Å². The zero-order valence-electron chi connectivity index (χ0n) is 8.06. The maximum atomic E-state index is 11.6. The molecule has 0 aliphatic heterocycles. The van der Waals surface area contributed by atoms with Crippen LogP contribution in [0.4, 0.5) is 0 Å². The van der Waals surface area contributed by atoms with Gasteiger partial charge in [-0.1, -0.05) is 0 Å². The first-order valence-corrected chi connectivity index (χ1v) is 4.99. The summed E-state index contributed by atoms with van der Waals surface area (Å²) in [6.07, 6.45) is 2.91. The van der Waals surface area contributed by atoms with Crippen LogP contribution < -0.4 is 5.69 Å². The van der Waals surface area contributed by atoms with Crippen LogP contribution in [0.1, 0.15) is 29.2 Å². The van der Waals surface area contributed by atoms with E-state index in [1.165, 1.54) is 0 Å². The molecular weight excluding hydrogens is 192 g/mol. The number of hydrogen-bond donors (Lipinski definition) is 1. The lowest BCUT2D eigenvalue weighted by atomic mass is 10.2. The van der Waals surface area contributed by atoms with Crippen molar-refractivity contribution >= 4 is 17.3 Å². The number of hydrogen-bond acceptors (Lipinski definition) is 2. The van der Waals surface area contributed by atoms with E-state index in [1.54, 1.807) is 22.8 Å². The summed E-state index contributed by atoms with van der Waals surface area (Å²) in [6, 6.07) is 5.58. The van der Waals surface area contributed by atoms with E-state index in [0.29, 0.717) is 11.6 Å². The summed E-state index contributed by atoms with van der Waals surface area (Å²) in [5.41, 5.74) is 2.18. The van der Waals surface area contributed by atoms with Crippen LogP contribution in [-0.2, 0) is 0 Å². The molecule has 1 aromatic carbocycles. The fourth-order valence-corrected chi connectivity index (χ4v) is 1.91. The van der Waals surface area contributed by atoms with Gasteiger partial charge in [0.15, 0.2) is 0 Å². The van der Waals surface area contributed by atoms with Crippen LogP contribution in [0.25, 0.3) is 11.0 Å². The fraction of sp³-hybridized carbons (Fsp3) is 0.273. The van der Waals surface area contributed by atoms with Crippen molar-refractivity contribution in [2.24, 2.45) is 0 Å². The van der Waals surface area contributed by atoms with Crippen molar-refractivity contribution < 1.29 is 4.79 Å². The maximum Gasteiger partial charge on any atom is 0.326 e. The van der Waals surface area contributed by atoms with Gasteiger partial charge in [-0.15, -0.1) is 0 Å². The number of aldehydes is 1. The number of H-pyrrole nitrogens is 1. The second kappa shape index (κ2) is 2.82. The van der Waals surface area contributed by atoms with Gasteiger partial charge in [0.05, 0.1) is 11.0 Å². The lowest BCUT2D eigenvalue weighted by molar-refractivity contribution is 0.112. The number of rotatable bonds is 2. The van der Waals surface area contributed by atoms with Crippen molar-refractivity contribution in [3.05, 3.63) is 34.2 Å². The Kier molecular flexibility index (Phi) is 1.59. The van der Waals surface area contributed by atoms with Crippen molar-refractivity contribution in [2.75, 3.05) is 0 Å². The van der Waals surface area contributed by atoms with Crippen molar-refractivity contribution in [2.45, 2.75) is 18.9 Å². The molecule has 0 spiro atoms. The number of nitrogens with zero attached hydrogens (tertiary/aromatic N) is 1. The van der Waals surface area contributed by atoms with Crippen LogP contribution in [-0.4, -0.2) is 15.8 Å². The lowest BCUT2D eigenvalue weighted by Crippen LogP contribution is -2.14. The molecular formula is C11H10N2O2. The first kappa shape index (κ1) is 8.47. The van der Waals surface area contributed by atoms with E-state index >= 15 is 0 Å². The maximum absolute atomic E-state index is 11.6. The van der Waals surface area contributed by atoms with Gasteiger partial charge >= 0.3 is 5.69 Å². The van der Waals surface area contributed by atoms with Crippen LogP contribution in [0, 0.1) is 0 Å². The SMILES string of the molecule is O=Cc1ccc2[nH]c(=O)n(C3CC3)c2c1. The highest BCUT2D eigenvalue weighted by Gasteiger charge is 2.27. The molecule has 0 amide bonds. The highest BCUT2D eigenvalue weighted by atomic mass is 16.1. The van der Waals surface area contributed by atoms with Gasteiger partial charge in [-0.3, -0.25) is 9.36 Å². The quantitative estimate of drug-likeness (QED) is 0.750. The zero-order valence-corrected chi connectivity index (χ0v) is 8.06. The van der Waals surface area contributed by atoms with Gasteiger partial charge in [0.1, 0.15) is 6.29 Å². The van der Waals surface area contributed by atoms with Crippen molar-refractivity contribution in [1.29, 1.82) is 0 Å². The van der Waals surface area contributed by atoms with Gasteiger partial charge in [0.25, 0.3) is 0 Å². The number of fused-ring (bicyclic) bond motifs is 1. The van der Waals surface area contributed by atoms with Gasteiger partial charge in [0, 0.05) is 11.6 Å². The van der Waals surface area contributed by atoms with Crippen LogP contribution in [0.2, 0.25) is 0 Å². The molecule has 76 valence electrons. The predicted octanol–water partition coefficient (Wildman–Crippen LogP) is 1.48. The molecule has 0 bridgehead atoms. The molecule has 0 atom stereocenters. The summed E-state index contributed by atoms with van der Waals surface area (Å²) in [5, 5.41) is 0. The minimum atomic E-state index is -0.0736. The van der Waals surface area contributed by atoms with Crippen LogP contribution >= 0.6 is 0 Å². The Morgan fingerprint density at radius 1 is 1.40 bits per heavy atom. The highest BCUT2D eigenvalue weighted by Crippen LogP contribution is 2.35. The third-order valence-electron chi connectivity index (χ3n) is 2.79. The number of benzene rings is 1. The number of carbonyl (C=O) groups is 1. The smallest absolute Gasteiger partial charge is 0.306 e. The third-order valence-corrected chi connectivity index (χ3v) is 2.79. The largest absolute Gasteiger partial charge is 0.326 e. The number of carbonyl (C=O) groups excluding carboxylic acids is 1. The molecule has 0 saturated heterocycles. The minimum Gasteiger partial charge on any atom is -0.306 e. The molecule has 1 aliphatic carbocycles. The normalized spacial score (nSPS) is 15.7. The summed E-state index contributed by atoms with van der Waals surface area (Å²) in [6.45, 7) is 0. The Morgan fingerprint density at radius 3 is 2.87 bits per heavy atom. The zero-order chi connectivity index (χ0) is 10.4. The lowest BCUT2D eigenvalue weighted by Gasteiger charge is -1.99. The second-order valence-electron chi connectivity index (χ2n) is 3.93. The number of aromatic nitrogens is 2. The number of aromatic amines is 1. The van der Waals surface area contributed by atoms with E-state index in [1.807, 2.05) is 0 Å². The molecule has 1 saturated carbocycles. The van der Waals surface area contributed by atoms with E-state index in [-0.39, 0.29) is 5.69 Å². The molecule has 4 nitrogen and oxygen atoms in total. The fourth-order valence-electron chi connectivity index (χ4n) is 1.91. The summed E-state index contributed by atoms with van der Waals surface area (Å²) < 4.78 is 1.75. The number of nitrogens with one attached hydrogen (secondary N) is 1. The molecule has 1 fully saturated rings. The average molecular weight is 202 g/mol. The van der Waals surface area contributed by atoms with Crippen LogP contribution in [0.15, 0.2) is 23.0 Å². The Hall–Kier alpha value is -1.84. The Balaban J connectivity index is 2.35. The molecule has 1 N–H and O–H groups in total. The van der Waals surface area contributed by atoms with Gasteiger partial charge in [-0.05, 0) is 31.0 Å². The monoisotopic (exact) mass is 202 g/mol. The van der Waals surface area contributed by atoms with E-state index in [2.05, 4.69) is 4.98 Å². The van der Waals surface area contributed by atoms with Crippen LogP contribution in [0.3, 0.4) is 0 Å². The van der Waals surface area contributed by atoms with Crippen molar-refractivity contribution in [3.8, 4) is 0 Å². The third kappa shape index (κ3) is 1.21. The molecule has 4 heteroatoms. The van der Waals surface area contributed by atoms with Gasteiger partial charge in [0.2, 0.25) is 0 Å². The molecule has 2 aromatic rings. The standard InChI is InChI=1S/C11H10N2O2/c14-6-7-1-4-9-10(5-7)13(8-2-3-8)11(15)12-9/h1,4-6,8H,2-3H2,(H,12,15). The minimum absolute atomic E-state index is 0.0736. The molecule has 1 aliphatic rings. The van der Waals surface area contributed by atoms with Crippen molar-refractivity contribution in [3.63, 3.8) is 0 Å². The second-order valence-corrected chi connectivity index (χ2v) is 3.93. The Morgan fingerprint density at radius 2 is 2.20 bits per heavy atom. The van der Waals surface area contributed by atoms with E-state index in [0.717, 1.165) is 30.2 Å². The van der Waals surface area contributed by atoms with E-state index < -0.39 is 0 Å².